The summed E-state index contributed by atoms with van der Waals surface area (Å²) in [4.78, 5) is 0. The van der Waals surface area contributed by atoms with E-state index >= 15 is 0 Å². The molecule has 1 rings (SSSR count). The quantitative estimate of drug-likeness (QED) is 0.877. The first-order valence-electron chi connectivity index (χ1n) is 6.77. The van der Waals surface area contributed by atoms with Gasteiger partial charge in [-0.2, -0.15) is 0 Å². The van der Waals surface area contributed by atoms with Crippen molar-refractivity contribution in [2.45, 2.75) is 38.5 Å². The highest BCUT2D eigenvalue weighted by Crippen LogP contribution is 2.19. The first kappa shape index (κ1) is 17.0. The Hall–Kier alpha value is -1.07. The molecule has 1 aromatic rings. The van der Waals surface area contributed by atoms with Gasteiger partial charge in [-0.25, -0.2) is 8.42 Å². The Morgan fingerprint density at radius 3 is 2.50 bits per heavy atom. The molecular formula is C15H25NO3S. The number of rotatable bonds is 6. The summed E-state index contributed by atoms with van der Waals surface area (Å²) in [7, 11) is -1.44. The average Bonchev–Trinajstić information content (AvgIpc) is 2.37. The van der Waals surface area contributed by atoms with Crippen LogP contribution in [0.1, 0.15) is 39.3 Å². The van der Waals surface area contributed by atoms with Gasteiger partial charge in [0.1, 0.15) is 5.75 Å². The number of hydrogen-bond donors (Lipinski definition) is 1. The molecule has 0 fully saturated rings. The normalized spacial score (nSPS) is 14.1. The standard InChI is InChI=1S/C15H25NO3S/c1-12(13-7-6-8-14(11-13)19-5)16-9-10-20(17,18)15(2,3)4/h6-8,11-12,16H,9-10H2,1-5H3/t12-/m1/s1. The lowest BCUT2D eigenvalue weighted by Crippen LogP contribution is -2.35. The van der Waals surface area contributed by atoms with Crippen LogP contribution in [-0.4, -0.2) is 32.6 Å². The van der Waals surface area contributed by atoms with Crippen LogP contribution in [-0.2, 0) is 9.84 Å². The largest absolute Gasteiger partial charge is 0.497 e. The van der Waals surface area contributed by atoms with Crippen LogP contribution in [0.2, 0.25) is 0 Å². The third-order valence-electron chi connectivity index (χ3n) is 3.35. The number of methoxy groups -OCH3 is 1. The first-order valence-corrected chi connectivity index (χ1v) is 8.42. The van der Waals surface area contributed by atoms with Gasteiger partial charge in [-0.15, -0.1) is 0 Å². The number of hydrogen-bond acceptors (Lipinski definition) is 4. The molecule has 0 aliphatic carbocycles. The lowest BCUT2D eigenvalue weighted by molar-refractivity contribution is 0.413. The fraction of sp³-hybridized carbons (Fsp3) is 0.600. The van der Waals surface area contributed by atoms with E-state index in [0.717, 1.165) is 11.3 Å². The number of ether oxygens (including phenoxy) is 1. The lowest BCUT2D eigenvalue weighted by Gasteiger charge is -2.20. The third kappa shape index (κ3) is 4.49. The third-order valence-corrected chi connectivity index (χ3v) is 5.96. The predicted octanol–water partition coefficient (Wildman–Crippen LogP) is 2.56. The molecule has 0 aliphatic rings. The number of sulfone groups is 1. The molecule has 0 unspecified atom stereocenters. The van der Waals surface area contributed by atoms with E-state index in [-0.39, 0.29) is 11.8 Å². The van der Waals surface area contributed by atoms with E-state index in [1.165, 1.54) is 0 Å². The van der Waals surface area contributed by atoms with Gasteiger partial charge in [0.2, 0.25) is 0 Å². The minimum Gasteiger partial charge on any atom is -0.497 e. The van der Waals surface area contributed by atoms with Crippen molar-refractivity contribution in [3.05, 3.63) is 29.8 Å². The van der Waals surface area contributed by atoms with Gasteiger partial charge < -0.3 is 10.1 Å². The summed E-state index contributed by atoms with van der Waals surface area (Å²) in [6.07, 6.45) is 0. The lowest BCUT2D eigenvalue weighted by atomic mass is 10.1. The van der Waals surface area contributed by atoms with Crippen LogP contribution < -0.4 is 10.1 Å². The van der Waals surface area contributed by atoms with Crippen molar-refractivity contribution in [3.63, 3.8) is 0 Å². The van der Waals surface area contributed by atoms with E-state index in [1.807, 2.05) is 31.2 Å². The Kier molecular flexibility index (Phi) is 5.59. The highest BCUT2D eigenvalue weighted by atomic mass is 32.2. The summed E-state index contributed by atoms with van der Waals surface area (Å²) >= 11 is 0. The highest BCUT2D eigenvalue weighted by molar-refractivity contribution is 7.92. The van der Waals surface area contributed by atoms with E-state index in [2.05, 4.69) is 5.32 Å². The van der Waals surface area contributed by atoms with Gasteiger partial charge in [-0.1, -0.05) is 12.1 Å². The van der Waals surface area contributed by atoms with Crippen molar-refractivity contribution in [1.82, 2.24) is 5.32 Å². The van der Waals surface area contributed by atoms with Crippen LogP contribution in [0.4, 0.5) is 0 Å². The summed E-state index contributed by atoms with van der Waals surface area (Å²) < 4.78 is 28.5. The molecular weight excluding hydrogens is 274 g/mol. The Bertz CT molecular complexity index is 532. The molecule has 0 spiro atoms. The van der Waals surface area contributed by atoms with Gasteiger partial charge in [0.05, 0.1) is 17.6 Å². The second-order valence-corrected chi connectivity index (χ2v) is 8.75. The summed E-state index contributed by atoms with van der Waals surface area (Å²) in [5.41, 5.74) is 1.08. The molecule has 5 heteroatoms. The minimum atomic E-state index is -3.08. The fourth-order valence-electron chi connectivity index (χ4n) is 1.74. The van der Waals surface area contributed by atoms with E-state index in [4.69, 9.17) is 4.74 Å². The topological polar surface area (TPSA) is 55.4 Å². The second-order valence-electron chi connectivity index (χ2n) is 5.88. The molecule has 1 atom stereocenters. The molecule has 4 nitrogen and oxygen atoms in total. The van der Waals surface area contributed by atoms with Gasteiger partial charge in [0, 0.05) is 12.6 Å². The van der Waals surface area contributed by atoms with E-state index in [1.54, 1.807) is 27.9 Å². The molecule has 0 aromatic heterocycles. The van der Waals surface area contributed by atoms with Gasteiger partial charge in [0.15, 0.2) is 9.84 Å². The van der Waals surface area contributed by atoms with Gasteiger partial charge >= 0.3 is 0 Å². The Morgan fingerprint density at radius 1 is 1.30 bits per heavy atom. The van der Waals surface area contributed by atoms with Crippen LogP contribution in [0.3, 0.4) is 0 Å². The Labute approximate surface area is 122 Å². The minimum absolute atomic E-state index is 0.0836. The molecule has 0 saturated carbocycles. The molecule has 0 radical (unpaired) electrons. The number of nitrogens with one attached hydrogen (secondary N) is 1. The number of benzene rings is 1. The highest BCUT2D eigenvalue weighted by Gasteiger charge is 2.28. The molecule has 20 heavy (non-hydrogen) atoms. The molecule has 0 heterocycles. The molecule has 1 aromatic carbocycles. The van der Waals surface area contributed by atoms with Crippen LogP contribution in [0.15, 0.2) is 24.3 Å². The van der Waals surface area contributed by atoms with Gasteiger partial charge in [0.25, 0.3) is 0 Å². The molecule has 0 amide bonds. The predicted molar refractivity (Wildman–Crippen MR) is 83.0 cm³/mol. The summed E-state index contributed by atoms with van der Waals surface area (Å²) in [5.74, 6) is 0.948. The second kappa shape index (κ2) is 6.59. The SMILES string of the molecule is COc1cccc([C@@H](C)NCCS(=O)(=O)C(C)(C)C)c1. The summed E-state index contributed by atoms with van der Waals surface area (Å²) in [6.45, 7) is 7.64. The van der Waals surface area contributed by atoms with Gasteiger partial charge in [-0.05, 0) is 45.4 Å². The zero-order valence-corrected chi connectivity index (χ0v) is 13.8. The van der Waals surface area contributed by atoms with Crippen molar-refractivity contribution in [2.24, 2.45) is 0 Å². The maximum atomic E-state index is 12.0. The smallest absolute Gasteiger partial charge is 0.156 e. The van der Waals surface area contributed by atoms with E-state index in [9.17, 15) is 8.42 Å². The van der Waals surface area contributed by atoms with Crippen molar-refractivity contribution < 1.29 is 13.2 Å². The van der Waals surface area contributed by atoms with Crippen LogP contribution >= 0.6 is 0 Å². The molecule has 0 bridgehead atoms. The Morgan fingerprint density at radius 2 is 1.95 bits per heavy atom. The molecule has 1 N–H and O–H groups in total. The van der Waals surface area contributed by atoms with Crippen molar-refractivity contribution in [3.8, 4) is 5.75 Å². The molecule has 114 valence electrons. The van der Waals surface area contributed by atoms with Crippen molar-refractivity contribution in [2.75, 3.05) is 19.4 Å². The molecule has 0 saturated heterocycles. The molecule has 0 aliphatic heterocycles. The van der Waals surface area contributed by atoms with Crippen molar-refractivity contribution >= 4 is 9.84 Å². The fourth-order valence-corrected chi connectivity index (χ4v) is 2.74. The maximum absolute atomic E-state index is 12.0. The van der Waals surface area contributed by atoms with Crippen LogP contribution in [0, 0.1) is 0 Å². The van der Waals surface area contributed by atoms with E-state index in [0.29, 0.717) is 6.54 Å². The zero-order valence-electron chi connectivity index (χ0n) is 12.9. The summed E-state index contributed by atoms with van der Waals surface area (Å²) in [5, 5.41) is 3.24. The zero-order chi connectivity index (χ0) is 15.4. The van der Waals surface area contributed by atoms with Crippen LogP contribution in [0.5, 0.6) is 5.75 Å². The monoisotopic (exact) mass is 299 g/mol. The van der Waals surface area contributed by atoms with Crippen molar-refractivity contribution in [1.29, 1.82) is 0 Å². The van der Waals surface area contributed by atoms with E-state index < -0.39 is 14.6 Å². The van der Waals surface area contributed by atoms with Gasteiger partial charge in [-0.3, -0.25) is 0 Å². The average molecular weight is 299 g/mol. The van der Waals surface area contributed by atoms with Crippen LogP contribution in [0.25, 0.3) is 0 Å². The summed E-state index contributed by atoms with van der Waals surface area (Å²) in [6, 6.07) is 7.85. The Balaban J connectivity index is 2.58. The maximum Gasteiger partial charge on any atom is 0.156 e. The first-order chi connectivity index (χ1) is 9.17.